The number of ether oxygens (including phenoxy) is 1. The van der Waals surface area contributed by atoms with Gasteiger partial charge in [0.1, 0.15) is 5.70 Å². The highest BCUT2D eigenvalue weighted by Gasteiger charge is 2.59. The third kappa shape index (κ3) is 7.06. The van der Waals surface area contributed by atoms with Crippen molar-refractivity contribution in [3.05, 3.63) is 63.9 Å². The van der Waals surface area contributed by atoms with Crippen LogP contribution < -0.4 is 15.4 Å². The standard InChI is InChI=1S/C33H40F2N4O9/c1-16-7-8-20(25(35)29(16)48-4)31(44)37-12-6-14-38(13-5-11-36-30(43)19-9-10-22(41)28(42)24(19)34)15-21-17(2)26-23(18(3)40)32(45)39(26)27(21)33(46)47/h7-10,17-18,23,26,40-42H,5-6,11-15H2,1-4H3,(H,36,43)(H,37,44)(H,46,47)/t17-,18+,23+,26+/m0/s1. The van der Waals surface area contributed by atoms with Crippen LogP contribution in [0.1, 0.15) is 53.0 Å². The molecule has 2 heterocycles. The quantitative estimate of drug-likeness (QED) is 0.0928. The molecule has 0 spiro atoms. The van der Waals surface area contributed by atoms with Crippen LogP contribution in [0, 0.1) is 30.4 Å². The fourth-order valence-electron chi connectivity index (χ4n) is 6.37. The van der Waals surface area contributed by atoms with E-state index in [1.165, 1.54) is 25.0 Å². The van der Waals surface area contributed by atoms with Gasteiger partial charge in [0, 0.05) is 38.6 Å². The Bertz CT molecular complexity index is 1630. The number of rotatable bonds is 15. The van der Waals surface area contributed by atoms with Crippen LogP contribution in [0.5, 0.6) is 17.2 Å². The number of benzene rings is 2. The number of carbonyl (C=O) groups is 4. The Labute approximate surface area is 275 Å². The summed E-state index contributed by atoms with van der Waals surface area (Å²) >= 11 is 0. The van der Waals surface area contributed by atoms with Crippen LogP contribution in [-0.2, 0) is 9.59 Å². The van der Waals surface area contributed by atoms with Gasteiger partial charge in [-0.2, -0.15) is 0 Å². The van der Waals surface area contributed by atoms with Gasteiger partial charge >= 0.3 is 5.97 Å². The van der Waals surface area contributed by atoms with Gasteiger partial charge in [0.15, 0.2) is 28.9 Å². The number of phenolic OH excluding ortho intramolecular Hbond substituents is 2. The van der Waals surface area contributed by atoms with Gasteiger partial charge in [-0.3, -0.25) is 19.3 Å². The van der Waals surface area contributed by atoms with E-state index in [1.807, 2.05) is 4.90 Å². The normalized spacial score (nSPS) is 19.2. The first-order valence-electron chi connectivity index (χ1n) is 15.5. The molecular formula is C33H40F2N4O9. The molecule has 0 aromatic heterocycles. The minimum atomic E-state index is -1.27. The fraction of sp³-hybridized carbons (Fsp3) is 0.455. The summed E-state index contributed by atoms with van der Waals surface area (Å²) in [6, 6.07) is 4.46. The summed E-state index contributed by atoms with van der Waals surface area (Å²) < 4.78 is 34.1. The number of carboxylic acids is 1. The van der Waals surface area contributed by atoms with Crippen molar-refractivity contribution >= 4 is 23.7 Å². The highest BCUT2D eigenvalue weighted by atomic mass is 19.1. The number of hydrogen-bond donors (Lipinski definition) is 6. The number of fused-ring (bicyclic) bond motifs is 1. The first-order chi connectivity index (χ1) is 22.7. The zero-order chi connectivity index (χ0) is 35.4. The van der Waals surface area contributed by atoms with Crippen LogP contribution in [0.2, 0.25) is 0 Å². The lowest BCUT2D eigenvalue weighted by molar-refractivity contribution is -0.163. The van der Waals surface area contributed by atoms with E-state index < -0.39 is 70.5 Å². The van der Waals surface area contributed by atoms with Gasteiger partial charge in [0.25, 0.3) is 11.8 Å². The van der Waals surface area contributed by atoms with Gasteiger partial charge in [-0.25, -0.2) is 13.6 Å². The van der Waals surface area contributed by atoms with E-state index in [0.717, 1.165) is 12.1 Å². The molecule has 2 aromatic carbocycles. The predicted molar refractivity (Wildman–Crippen MR) is 167 cm³/mol. The SMILES string of the molecule is COc1c(C)ccc(C(=O)NCCCN(CCCNC(=O)c2ccc(O)c(O)c2F)CC2=C(C(=O)O)N3C(=O)[C@H]([C@@H](C)O)[C@H]3[C@H]2C)c1F. The molecule has 2 aliphatic heterocycles. The van der Waals surface area contributed by atoms with Crippen LogP contribution >= 0.6 is 0 Å². The van der Waals surface area contributed by atoms with Crippen LogP contribution in [0.3, 0.4) is 0 Å². The summed E-state index contributed by atoms with van der Waals surface area (Å²) in [7, 11) is 1.31. The average Bonchev–Trinajstić information content (AvgIpc) is 3.27. The third-order valence-electron chi connectivity index (χ3n) is 8.87. The summed E-state index contributed by atoms with van der Waals surface area (Å²) in [6.45, 7) is 5.92. The van der Waals surface area contributed by atoms with Gasteiger partial charge in [0.2, 0.25) is 5.91 Å². The molecule has 0 aliphatic carbocycles. The second kappa shape index (κ2) is 15.0. The number of aliphatic hydroxyl groups is 1. The Hall–Kier alpha value is -4.76. The summed E-state index contributed by atoms with van der Waals surface area (Å²) in [5.41, 5.74) is 0.256. The molecule has 2 aromatic rings. The zero-order valence-corrected chi connectivity index (χ0v) is 27.0. The minimum absolute atomic E-state index is 0.0277. The lowest BCUT2D eigenvalue weighted by Crippen LogP contribution is -2.63. The number of aliphatic carboxylic acids is 1. The molecule has 13 nitrogen and oxygen atoms in total. The Morgan fingerprint density at radius 3 is 2.10 bits per heavy atom. The largest absolute Gasteiger partial charge is 0.504 e. The van der Waals surface area contributed by atoms with E-state index in [2.05, 4.69) is 10.6 Å². The van der Waals surface area contributed by atoms with Gasteiger partial charge in [-0.15, -0.1) is 0 Å². The van der Waals surface area contributed by atoms with Crippen LogP contribution in [0.25, 0.3) is 0 Å². The molecule has 4 atom stereocenters. The Morgan fingerprint density at radius 2 is 1.56 bits per heavy atom. The highest BCUT2D eigenvalue weighted by Crippen LogP contribution is 2.47. The second-order valence-electron chi connectivity index (χ2n) is 12.0. The number of carboxylic acid groups (broad SMARTS) is 1. The van der Waals surface area contributed by atoms with E-state index in [0.29, 0.717) is 37.1 Å². The number of carbonyl (C=O) groups excluding carboxylic acids is 3. The monoisotopic (exact) mass is 674 g/mol. The number of β-lactam (4-membered cyclic amide) rings is 1. The molecule has 6 N–H and O–H groups in total. The zero-order valence-electron chi connectivity index (χ0n) is 27.0. The maximum atomic E-state index is 14.8. The second-order valence-corrected chi connectivity index (χ2v) is 12.0. The van der Waals surface area contributed by atoms with Crippen LogP contribution in [0.15, 0.2) is 35.5 Å². The first kappa shape index (κ1) is 36.1. The lowest BCUT2D eigenvalue weighted by atomic mass is 9.77. The van der Waals surface area contributed by atoms with Crippen molar-refractivity contribution in [1.82, 2.24) is 20.4 Å². The predicted octanol–water partition coefficient (Wildman–Crippen LogP) is 2.13. The number of aliphatic hydroxyl groups excluding tert-OH is 1. The van der Waals surface area contributed by atoms with Crippen LogP contribution in [0.4, 0.5) is 8.78 Å². The number of hydrogen-bond acceptors (Lipinski definition) is 9. The maximum Gasteiger partial charge on any atom is 0.352 e. The van der Waals surface area contributed by atoms with E-state index in [4.69, 9.17) is 4.74 Å². The molecule has 0 radical (unpaired) electrons. The van der Waals surface area contributed by atoms with E-state index in [1.54, 1.807) is 19.9 Å². The Balaban J connectivity index is 1.44. The molecule has 1 fully saturated rings. The average molecular weight is 675 g/mol. The molecule has 4 rings (SSSR count). The van der Waals surface area contributed by atoms with Gasteiger partial charge < -0.3 is 40.7 Å². The number of halogens is 2. The number of nitrogens with zero attached hydrogens (tertiary/aromatic N) is 2. The minimum Gasteiger partial charge on any atom is -0.504 e. The van der Waals surface area contributed by atoms with Crippen molar-refractivity contribution in [3.8, 4) is 17.2 Å². The van der Waals surface area contributed by atoms with E-state index in [-0.39, 0.29) is 42.6 Å². The van der Waals surface area contributed by atoms with Gasteiger partial charge in [-0.05, 0) is 56.0 Å². The molecule has 15 heteroatoms. The van der Waals surface area contributed by atoms with E-state index in [9.17, 15) is 48.4 Å². The molecule has 3 amide bonds. The number of phenols is 2. The molecule has 260 valence electrons. The molecule has 48 heavy (non-hydrogen) atoms. The van der Waals surface area contributed by atoms with Crippen molar-refractivity contribution in [2.24, 2.45) is 11.8 Å². The van der Waals surface area contributed by atoms with Crippen molar-refractivity contribution < 1.29 is 53.1 Å². The number of nitrogens with one attached hydrogen (secondary N) is 2. The van der Waals surface area contributed by atoms with Crippen molar-refractivity contribution in [2.45, 2.75) is 45.8 Å². The topological polar surface area (TPSA) is 189 Å². The summed E-state index contributed by atoms with van der Waals surface area (Å²) in [6.07, 6.45) is -0.268. The van der Waals surface area contributed by atoms with Crippen molar-refractivity contribution in [2.75, 3.05) is 39.8 Å². The molecule has 0 unspecified atom stereocenters. The molecule has 0 saturated carbocycles. The molecule has 1 saturated heterocycles. The van der Waals surface area contributed by atoms with Gasteiger partial charge in [0.05, 0.1) is 36.3 Å². The van der Waals surface area contributed by atoms with E-state index >= 15 is 0 Å². The Kier molecular flexibility index (Phi) is 11.3. The number of aryl methyl sites for hydroxylation is 1. The first-order valence-corrected chi connectivity index (χ1v) is 15.5. The van der Waals surface area contributed by atoms with Crippen molar-refractivity contribution in [3.63, 3.8) is 0 Å². The number of methoxy groups -OCH3 is 1. The van der Waals surface area contributed by atoms with Gasteiger partial charge in [-0.1, -0.05) is 13.0 Å². The van der Waals surface area contributed by atoms with Crippen LogP contribution in [-0.4, -0.2) is 106 Å². The lowest BCUT2D eigenvalue weighted by Gasteiger charge is -2.46. The smallest absolute Gasteiger partial charge is 0.352 e. The Morgan fingerprint density at radius 1 is 1.00 bits per heavy atom. The molecule has 2 aliphatic rings. The van der Waals surface area contributed by atoms with Crippen molar-refractivity contribution in [1.29, 1.82) is 0 Å². The highest BCUT2D eigenvalue weighted by molar-refractivity contribution is 6.00. The number of amides is 3. The summed E-state index contributed by atoms with van der Waals surface area (Å²) in [4.78, 5) is 53.5. The third-order valence-corrected chi connectivity index (χ3v) is 8.87. The molecule has 0 bridgehead atoms. The summed E-state index contributed by atoms with van der Waals surface area (Å²) in [5, 5.41) is 44.5. The molecular weight excluding hydrogens is 634 g/mol. The fourth-order valence-corrected chi connectivity index (χ4v) is 6.37. The summed E-state index contributed by atoms with van der Waals surface area (Å²) in [5.74, 6) is -8.11. The number of aromatic hydroxyl groups is 2. The maximum absolute atomic E-state index is 14.8.